The van der Waals surface area contributed by atoms with Crippen LogP contribution in [0.15, 0.2) is 0 Å². The molecule has 0 bridgehead atoms. The van der Waals surface area contributed by atoms with Crippen LogP contribution in [0.25, 0.3) is 0 Å². The molecule has 4 aliphatic heterocycles. The zero-order valence-electron chi connectivity index (χ0n) is 45.0. The van der Waals surface area contributed by atoms with Gasteiger partial charge in [-0.2, -0.15) is 0 Å². The van der Waals surface area contributed by atoms with Crippen LogP contribution in [-0.2, 0) is 56.8 Å². The van der Waals surface area contributed by atoms with E-state index in [1.54, 1.807) is 13.8 Å². The van der Waals surface area contributed by atoms with Crippen molar-refractivity contribution in [3.63, 3.8) is 0 Å². The fourth-order valence-electron chi connectivity index (χ4n) is 10.9. The number of aliphatic hydroxyl groups excluding tert-OH is 8. The van der Waals surface area contributed by atoms with E-state index in [0.29, 0.717) is 25.7 Å². The van der Waals surface area contributed by atoms with Crippen molar-refractivity contribution in [3.05, 3.63) is 0 Å². The Morgan fingerprint density at radius 1 is 0.507 bits per heavy atom. The minimum atomic E-state index is -3.43. The van der Waals surface area contributed by atoms with Gasteiger partial charge >= 0.3 is 0 Å². The van der Waals surface area contributed by atoms with Gasteiger partial charge in [-0.15, -0.1) is 0 Å². The maximum Gasteiger partial charge on any atom is 0.232 e. The third-order valence-corrected chi connectivity index (χ3v) is 18.9. The predicted octanol–water partition coefficient (Wildman–Crippen LogP) is -0.317. The van der Waals surface area contributed by atoms with Crippen LogP contribution in [-0.4, -0.2) is 217 Å². The Balaban J connectivity index is 0.000000291. The fourth-order valence-corrected chi connectivity index (χ4v) is 13.6. The van der Waals surface area contributed by atoms with Gasteiger partial charge in [0, 0.05) is 40.2 Å². The van der Waals surface area contributed by atoms with E-state index in [1.807, 2.05) is 20.8 Å². The van der Waals surface area contributed by atoms with Crippen LogP contribution in [0.4, 0.5) is 0 Å². The van der Waals surface area contributed by atoms with Crippen molar-refractivity contribution in [2.45, 2.75) is 248 Å². The molecule has 6 fully saturated rings. The summed E-state index contributed by atoms with van der Waals surface area (Å²) in [4.78, 5) is 0. The maximum absolute atomic E-state index is 12.8. The van der Waals surface area contributed by atoms with Crippen LogP contribution in [0.1, 0.15) is 120 Å². The summed E-state index contributed by atoms with van der Waals surface area (Å²) in [6.07, 6.45) is -8.74. The Morgan fingerprint density at radius 2 is 0.907 bits per heavy atom. The van der Waals surface area contributed by atoms with E-state index in [0.717, 1.165) is 38.5 Å². The monoisotopic (exact) mass is 1140 g/mol. The number of aliphatic hydroxyl groups is 8. The zero-order valence-corrected chi connectivity index (χ0v) is 47.4. The molecule has 26 heteroatoms. The van der Waals surface area contributed by atoms with E-state index in [2.05, 4.69) is 20.8 Å². The molecule has 0 aromatic rings. The number of halogens is 1. The third-order valence-electron chi connectivity index (χ3n) is 15.5. The predicted molar refractivity (Wildman–Crippen MR) is 276 cm³/mol. The van der Waals surface area contributed by atoms with Gasteiger partial charge < -0.3 is 95.9 Å². The number of rotatable bonds is 18. The summed E-state index contributed by atoms with van der Waals surface area (Å²) in [6.45, 7) is 14.6. The molecule has 6 aliphatic rings. The van der Waals surface area contributed by atoms with Crippen LogP contribution >= 0.6 is 10.7 Å². The molecule has 14 N–H and O–H groups in total. The molecule has 4 saturated heterocycles. The molecule has 6 rings (SSSR count). The molecule has 444 valence electrons. The molecule has 23 nitrogen and oxygen atoms in total. The Bertz CT molecular complexity index is 1890. The Hall–Kier alpha value is -0.570. The highest BCUT2D eigenvalue weighted by molar-refractivity contribution is 8.13. The lowest BCUT2D eigenvalue weighted by molar-refractivity contribution is -0.322. The van der Waals surface area contributed by atoms with Crippen LogP contribution in [0, 0.1) is 29.6 Å². The summed E-state index contributed by atoms with van der Waals surface area (Å²) >= 11 is 0. The van der Waals surface area contributed by atoms with Gasteiger partial charge in [0.2, 0.25) is 9.05 Å². The average molecular weight is 1140 g/mol. The molecule has 2 unspecified atom stereocenters. The molecule has 0 aromatic heterocycles. The molecule has 75 heavy (non-hydrogen) atoms. The zero-order chi connectivity index (χ0) is 56.3. The molecule has 2 saturated carbocycles. The quantitative estimate of drug-likeness (QED) is 0.0784. The number of ether oxygens (including phenoxy) is 8. The van der Waals surface area contributed by atoms with Crippen LogP contribution in [0.3, 0.4) is 0 Å². The van der Waals surface area contributed by atoms with E-state index in [4.69, 9.17) is 65.8 Å². The largest absolute Gasteiger partial charge is 0.394 e. The average Bonchev–Trinajstić information content (AvgIpc) is 3.34. The molecule has 26 atom stereocenters. The number of nitrogens with two attached hydrogens (primary N) is 3. The molecule has 0 amide bonds. The van der Waals surface area contributed by atoms with Gasteiger partial charge in [0.25, 0.3) is 0 Å². The maximum atomic E-state index is 12.8. The molecule has 0 spiro atoms. The highest BCUT2D eigenvalue weighted by atomic mass is 35.7. The van der Waals surface area contributed by atoms with Gasteiger partial charge in [-0.05, 0) is 76.0 Å². The second kappa shape index (κ2) is 30.5. The Kier molecular flexibility index (Phi) is 27.2. The molecule has 0 radical (unpaired) electrons. The van der Waals surface area contributed by atoms with Crippen LogP contribution < -0.4 is 17.2 Å². The Morgan fingerprint density at radius 3 is 1.29 bits per heavy atom. The molecule has 0 aromatic carbocycles. The minimum Gasteiger partial charge on any atom is -0.394 e. The molecule has 2 aliphatic carbocycles. The fraction of sp³-hybridized carbons (Fsp3) is 1.00. The summed E-state index contributed by atoms with van der Waals surface area (Å²) in [7, 11) is -1.83. The summed E-state index contributed by atoms with van der Waals surface area (Å²) in [5, 5.41) is 82.9. The minimum absolute atomic E-state index is 0.0126. The van der Waals surface area contributed by atoms with Gasteiger partial charge in [-0.25, -0.2) is 16.8 Å². The second-order valence-corrected chi connectivity index (χ2v) is 27.0. The van der Waals surface area contributed by atoms with Gasteiger partial charge in [-0.1, -0.05) is 55.4 Å². The first-order valence-electron chi connectivity index (χ1n) is 27.1. The van der Waals surface area contributed by atoms with Crippen molar-refractivity contribution in [3.8, 4) is 0 Å². The summed E-state index contributed by atoms with van der Waals surface area (Å²) in [5.41, 5.74) is 18.1. The Labute approximate surface area is 449 Å². The molecular formula is C49H94ClN3O20S2. The smallest absolute Gasteiger partial charge is 0.232 e. The van der Waals surface area contributed by atoms with Crippen molar-refractivity contribution >= 4 is 29.6 Å². The SMILES string of the molecule is CCCS(=O)(=O)C[C@@H]1C[C@H](C)C(O[C@H]2O[C@H](CC)CC[C@H]2C)[C@H](O)[C@H]1O[C@H]1O[C@H](CO)[C@@H](O)[C@H](N)[C@H]1O.CCCS(=O)(=O)Cl.CC[C@@H]1CC[C@@H](C)[C@@H](OC2[C@@H](C)C[C@@H](N)[C@H](O[C@H]3O[C@H](CO)[C@@H](O)[C@H](N)[C@H]3O)[C@H]2O)O1. The highest BCUT2D eigenvalue weighted by Crippen LogP contribution is 2.40. The van der Waals surface area contributed by atoms with Gasteiger partial charge in [0.1, 0.15) is 54.9 Å². The van der Waals surface area contributed by atoms with E-state index in [-0.39, 0.29) is 53.1 Å². The topological polar surface area (TPSA) is 382 Å². The summed E-state index contributed by atoms with van der Waals surface area (Å²) in [6, 6.07) is -2.75. The van der Waals surface area contributed by atoms with Gasteiger partial charge in [0.05, 0.1) is 67.3 Å². The van der Waals surface area contributed by atoms with E-state index in [1.165, 1.54) is 0 Å². The lowest BCUT2D eigenvalue weighted by atomic mass is 9.77. The van der Waals surface area contributed by atoms with Gasteiger partial charge in [-0.3, -0.25) is 0 Å². The first kappa shape index (κ1) is 66.9. The van der Waals surface area contributed by atoms with Crippen LogP contribution in [0.5, 0.6) is 0 Å². The summed E-state index contributed by atoms with van der Waals surface area (Å²) < 4.78 is 93.4. The first-order valence-corrected chi connectivity index (χ1v) is 31.4. The third kappa shape index (κ3) is 18.5. The standard InChI is InChI=1S/C25H47NO10S.C21H40N2O8.C3H7ClO2S/c1-5-9-37(31,32)12-15-10-14(4)22(35-24-13(3)7-8-16(6-2)33-24)21(30)23(15)36-25-20(29)18(26)19(28)17(11-27)34-25;1-4-11-6-5-9(2)20(28-11)30-18-10(3)7-12(22)19(17(18)27)31-21-16(26)14(23)15(25)13(8-24)29-21;1-2-3-7(4,5)6/h13-25,27-30H,5-12,26H2,1-4H3;9-21,24-27H,4-8,22-23H2,1-3H3;2-3H2,1H3/t13-,14+,15+,16-,17-,18+,19-,20-,21+,22?,23+,24-,25-;9-,10+,11-,12-,13-,14+,15-,16-,17+,18?,19+,20-,21-;/m11./s1. The number of sulfone groups is 1. The number of hydrogen-bond donors (Lipinski definition) is 11. The molecular weight excluding hydrogens is 1050 g/mol. The van der Waals surface area contributed by atoms with Crippen LogP contribution in [0.2, 0.25) is 0 Å². The van der Waals surface area contributed by atoms with Gasteiger partial charge in [0.15, 0.2) is 35.0 Å². The molecule has 4 heterocycles. The first-order chi connectivity index (χ1) is 35.1. The van der Waals surface area contributed by atoms with Crippen molar-refractivity contribution < 1.29 is 95.6 Å². The lowest BCUT2D eigenvalue weighted by Gasteiger charge is -2.48. The number of hydrogen-bond acceptors (Lipinski definition) is 23. The van der Waals surface area contributed by atoms with Crippen molar-refractivity contribution in [1.82, 2.24) is 0 Å². The van der Waals surface area contributed by atoms with E-state index in [9.17, 15) is 57.7 Å². The second-order valence-electron chi connectivity index (χ2n) is 21.8. The normalized spacial score (nSPS) is 44.9. The lowest BCUT2D eigenvalue weighted by Crippen LogP contribution is -2.66. The highest BCUT2D eigenvalue weighted by Gasteiger charge is 2.52. The van der Waals surface area contributed by atoms with E-state index >= 15 is 0 Å². The van der Waals surface area contributed by atoms with E-state index < -0.39 is 155 Å². The van der Waals surface area contributed by atoms with Crippen molar-refractivity contribution in [2.24, 2.45) is 46.8 Å². The summed E-state index contributed by atoms with van der Waals surface area (Å²) in [5.74, 6) is -0.610. The van der Waals surface area contributed by atoms with Crippen molar-refractivity contribution in [1.29, 1.82) is 0 Å². The van der Waals surface area contributed by atoms with Crippen molar-refractivity contribution in [2.75, 3.05) is 30.5 Å².